The number of nitrogens with one attached hydrogen (secondary N) is 2. The van der Waals surface area contributed by atoms with E-state index in [2.05, 4.69) is 15.6 Å². The Labute approximate surface area is 202 Å². The van der Waals surface area contributed by atoms with Gasteiger partial charge in [0.2, 0.25) is 5.91 Å². The van der Waals surface area contributed by atoms with Crippen molar-refractivity contribution in [2.24, 2.45) is 5.92 Å². The van der Waals surface area contributed by atoms with Crippen molar-refractivity contribution in [3.8, 4) is 5.69 Å². The number of nitrogens with zero attached hydrogens (tertiary/aromatic N) is 2. The summed E-state index contributed by atoms with van der Waals surface area (Å²) in [4.78, 5) is 29.7. The predicted octanol–water partition coefficient (Wildman–Crippen LogP) is 5.09. The molecule has 0 aliphatic rings. The van der Waals surface area contributed by atoms with E-state index in [1.165, 1.54) is 18.2 Å². The summed E-state index contributed by atoms with van der Waals surface area (Å²) in [7, 11) is 0. The first kappa shape index (κ1) is 24.7. The second-order valence-corrected chi connectivity index (χ2v) is 8.97. The zero-order valence-electron chi connectivity index (χ0n) is 18.5. The molecule has 0 aliphatic carbocycles. The number of rotatable bonds is 8. The highest BCUT2D eigenvalue weighted by Crippen LogP contribution is 2.21. The van der Waals surface area contributed by atoms with Gasteiger partial charge >= 0.3 is 0 Å². The van der Waals surface area contributed by atoms with Gasteiger partial charge in [-0.25, -0.2) is 9.37 Å². The molecule has 6 nitrogen and oxygen atoms in total. The summed E-state index contributed by atoms with van der Waals surface area (Å²) in [5.41, 5.74) is 1.21. The molecule has 0 aliphatic heterocycles. The van der Waals surface area contributed by atoms with Crippen LogP contribution in [0.3, 0.4) is 0 Å². The number of imidazole rings is 1. The number of aromatic nitrogens is 2. The average molecular weight is 491 g/mol. The van der Waals surface area contributed by atoms with Crippen molar-refractivity contribution >= 4 is 35.0 Å². The van der Waals surface area contributed by atoms with Crippen LogP contribution in [0.25, 0.3) is 5.69 Å². The summed E-state index contributed by atoms with van der Waals surface area (Å²) < 4.78 is 16.3. The second kappa shape index (κ2) is 10.8. The summed E-state index contributed by atoms with van der Waals surface area (Å²) in [6.07, 6.45) is 3.71. The number of carbonyl (C=O) groups excluding carboxylic acids is 2. The fourth-order valence-electron chi connectivity index (χ4n) is 3.41. The van der Waals surface area contributed by atoms with Crippen molar-refractivity contribution in [2.45, 2.75) is 39.8 Å². The molecule has 0 saturated carbocycles. The minimum absolute atomic E-state index is 0.116. The van der Waals surface area contributed by atoms with Crippen LogP contribution in [0.15, 0.2) is 48.8 Å². The Morgan fingerprint density at radius 3 is 2.52 bits per heavy atom. The van der Waals surface area contributed by atoms with Crippen molar-refractivity contribution in [1.29, 1.82) is 0 Å². The largest absolute Gasteiger partial charge is 0.350 e. The highest BCUT2D eigenvalue weighted by molar-refractivity contribution is 6.36. The van der Waals surface area contributed by atoms with Crippen LogP contribution in [0.4, 0.5) is 4.39 Å². The van der Waals surface area contributed by atoms with Crippen LogP contribution in [0.2, 0.25) is 10.0 Å². The van der Waals surface area contributed by atoms with Crippen molar-refractivity contribution < 1.29 is 14.0 Å². The molecule has 1 atom stereocenters. The Hall–Kier alpha value is -2.90. The first-order valence-electron chi connectivity index (χ1n) is 10.5. The molecular formula is C24H25Cl2FN4O2. The Bertz CT molecular complexity index is 1160. The Balaban J connectivity index is 1.68. The number of hydrogen-bond donors (Lipinski definition) is 2. The van der Waals surface area contributed by atoms with Crippen molar-refractivity contribution in [1.82, 2.24) is 20.2 Å². The quantitative estimate of drug-likeness (QED) is 0.461. The van der Waals surface area contributed by atoms with Gasteiger partial charge in [0.05, 0.1) is 16.3 Å². The van der Waals surface area contributed by atoms with E-state index in [-0.39, 0.29) is 29.0 Å². The molecule has 1 aromatic heterocycles. The second-order valence-electron chi connectivity index (χ2n) is 8.13. The number of benzene rings is 2. The molecule has 2 amide bonds. The van der Waals surface area contributed by atoms with Gasteiger partial charge in [-0.2, -0.15) is 0 Å². The zero-order valence-corrected chi connectivity index (χ0v) is 20.0. The summed E-state index contributed by atoms with van der Waals surface area (Å²) in [6.45, 7) is 5.81. The fraction of sp³-hybridized carbons (Fsp3) is 0.292. The Morgan fingerprint density at radius 2 is 1.91 bits per heavy atom. The Kier molecular flexibility index (Phi) is 8.10. The SMILES string of the molecule is Cc1nccn1-c1ccc(CNC(=O)C(CC(C)C)NC(=O)c2ccc(Cl)cc2Cl)cc1F. The lowest BCUT2D eigenvalue weighted by atomic mass is 10.0. The topological polar surface area (TPSA) is 76.0 Å². The van der Waals surface area contributed by atoms with Crippen LogP contribution in [0.1, 0.15) is 42.0 Å². The lowest BCUT2D eigenvalue weighted by Gasteiger charge is -2.21. The molecule has 33 heavy (non-hydrogen) atoms. The van der Waals surface area contributed by atoms with E-state index in [0.29, 0.717) is 28.5 Å². The van der Waals surface area contributed by atoms with E-state index in [9.17, 15) is 14.0 Å². The molecule has 3 aromatic rings. The highest BCUT2D eigenvalue weighted by atomic mass is 35.5. The first-order chi connectivity index (χ1) is 15.7. The molecule has 3 rings (SSSR count). The summed E-state index contributed by atoms with van der Waals surface area (Å²) in [6, 6.07) is 8.52. The molecule has 2 aromatic carbocycles. The molecule has 0 radical (unpaired) electrons. The molecule has 0 fully saturated rings. The van der Waals surface area contributed by atoms with Crippen molar-refractivity contribution in [3.63, 3.8) is 0 Å². The van der Waals surface area contributed by atoms with E-state index < -0.39 is 17.8 Å². The number of hydrogen-bond acceptors (Lipinski definition) is 3. The van der Waals surface area contributed by atoms with Gasteiger partial charge in [-0.15, -0.1) is 0 Å². The lowest BCUT2D eigenvalue weighted by molar-refractivity contribution is -0.123. The van der Waals surface area contributed by atoms with Gasteiger partial charge in [-0.05, 0) is 55.2 Å². The molecule has 2 N–H and O–H groups in total. The van der Waals surface area contributed by atoms with Gasteiger partial charge in [0, 0.05) is 24.0 Å². The van der Waals surface area contributed by atoms with Crippen LogP contribution in [-0.2, 0) is 11.3 Å². The third-order valence-corrected chi connectivity index (χ3v) is 5.62. The molecule has 1 heterocycles. The summed E-state index contributed by atoms with van der Waals surface area (Å²) >= 11 is 12.0. The maximum absolute atomic E-state index is 14.6. The van der Waals surface area contributed by atoms with Crippen LogP contribution in [-0.4, -0.2) is 27.4 Å². The van der Waals surface area contributed by atoms with Gasteiger partial charge in [-0.1, -0.05) is 43.1 Å². The standard InChI is InChI=1S/C24H25Cl2FN4O2/c1-14(2)10-21(30-23(32)18-6-5-17(25)12-19(18)26)24(33)29-13-16-4-7-22(20(27)11-16)31-9-8-28-15(31)3/h4-9,11-12,14,21H,10,13H2,1-3H3,(H,29,33)(H,30,32). The lowest BCUT2D eigenvalue weighted by Crippen LogP contribution is -2.47. The molecule has 174 valence electrons. The van der Waals surface area contributed by atoms with Crippen molar-refractivity contribution in [3.05, 3.63) is 81.6 Å². The maximum atomic E-state index is 14.6. The van der Waals surface area contributed by atoms with Crippen LogP contribution in [0, 0.1) is 18.7 Å². The minimum Gasteiger partial charge on any atom is -0.350 e. The summed E-state index contributed by atoms with van der Waals surface area (Å²) in [5, 5.41) is 6.14. The number of carbonyl (C=O) groups is 2. The number of halogens is 3. The van der Waals surface area contributed by atoms with Crippen LogP contribution < -0.4 is 10.6 Å². The third-order valence-electron chi connectivity index (χ3n) is 5.07. The highest BCUT2D eigenvalue weighted by Gasteiger charge is 2.23. The number of aryl methyl sites for hydroxylation is 1. The fourth-order valence-corrected chi connectivity index (χ4v) is 3.91. The van der Waals surface area contributed by atoms with Crippen LogP contribution in [0.5, 0.6) is 0 Å². The molecule has 0 bridgehead atoms. The zero-order chi connectivity index (χ0) is 24.1. The Morgan fingerprint density at radius 1 is 1.15 bits per heavy atom. The average Bonchev–Trinajstić information content (AvgIpc) is 3.16. The normalized spacial score (nSPS) is 12.0. The molecule has 0 saturated heterocycles. The minimum atomic E-state index is -0.776. The molecular weight excluding hydrogens is 466 g/mol. The van der Waals surface area contributed by atoms with E-state index in [1.807, 2.05) is 13.8 Å². The first-order valence-corrected chi connectivity index (χ1v) is 11.2. The van der Waals surface area contributed by atoms with E-state index in [0.717, 1.165) is 0 Å². The monoisotopic (exact) mass is 490 g/mol. The maximum Gasteiger partial charge on any atom is 0.253 e. The molecule has 9 heteroatoms. The van der Waals surface area contributed by atoms with E-state index >= 15 is 0 Å². The van der Waals surface area contributed by atoms with Gasteiger partial charge in [0.1, 0.15) is 17.7 Å². The van der Waals surface area contributed by atoms with Gasteiger partial charge < -0.3 is 15.2 Å². The smallest absolute Gasteiger partial charge is 0.253 e. The third kappa shape index (κ3) is 6.33. The van der Waals surface area contributed by atoms with Gasteiger partial charge in [0.15, 0.2) is 0 Å². The summed E-state index contributed by atoms with van der Waals surface area (Å²) in [5.74, 6) is -0.437. The predicted molar refractivity (Wildman–Crippen MR) is 127 cm³/mol. The van der Waals surface area contributed by atoms with Gasteiger partial charge in [0.25, 0.3) is 5.91 Å². The number of amides is 2. The van der Waals surface area contributed by atoms with Gasteiger partial charge in [-0.3, -0.25) is 9.59 Å². The van der Waals surface area contributed by atoms with E-state index in [1.54, 1.807) is 42.1 Å². The van der Waals surface area contributed by atoms with Crippen LogP contribution >= 0.6 is 23.2 Å². The molecule has 0 spiro atoms. The van der Waals surface area contributed by atoms with E-state index in [4.69, 9.17) is 23.2 Å². The van der Waals surface area contributed by atoms with Crippen molar-refractivity contribution in [2.75, 3.05) is 0 Å². The molecule has 1 unspecified atom stereocenters.